The van der Waals surface area contributed by atoms with Crippen LogP contribution in [0.1, 0.15) is 56.1 Å². The van der Waals surface area contributed by atoms with Crippen LogP contribution in [0.5, 0.6) is 0 Å². The highest BCUT2D eigenvalue weighted by molar-refractivity contribution is 5.83. The normalized spacial score (nSPS) is 40.4. The van der Waals surface area contributed by atoms with Gasteiger partial charge in [-0.05, 0) is 80.2 Å². The third-order valence-corrected chi connectivity index (χ3v) is 8.62. The zero-order valence-corrected chi connectivity index (χ0v) is 16.4. The van der Waals surface area contributed by atoms with E-state index in [2.05, 4.69) is 34.1 Å². The summed E-state index contributed by atoms with van der Waals surface area (Å²) < 4.78 is 0. The summed E-state index contributed by atoms with van der Waals surface area (Å²) in [6.07, 6.45) is 10.2. The molecule has 6 aliphatic rings. The fourth-order valence-corrected chi connectivity index (χ4v) is 7.76. The smallest absolute Gasteiger partial charge is 0.228 e. The van der Waals surface area contributed by atoms with Gasteiger partial charge in [0, 0.05) is 32.2 Å². The van der Waals surface area contributed by atoms with Gasteiger partial charge in [-0.2, -0.15) is 0 Å². The van der Waals surface area contributed by atoms with Crippen LogP contribution < -0.4 is 0 Å². The molecular formula is C24H32N2O. The van der Waals surface area contributed by atoms with Crippen molar-refractivity contribution in [2.45, 2.75) is 64.0 Å². The van der Waals surface area contributed by atoms with Gasteiger partial charge < -0.3 is 4.90 Å². The van der Waals surface area contributed by atoms with Crippen LogP contribution in [-0.4, -0.2) is 41.4 Å². The molecular weight excluding hydrogens is 332 g/mol. The molecule has 4 saturated carbocycles. The molecule has 4 aliphatic carbocycles. The second kappa shape index (κ2) is 6.07. The van der Waals surface area contributed by atoms with Crippen LogP contribution in [0.3, 0.4) is 0 Å². The Balaban J connectivity index is 1.15. The van der Waals surface area contributed by atoms with Gasteiger partial charge in [0.25, 0.3) is 0 Å². The number of fused-ring (bicyclic) bond motifs is 1. The van der Waals surface area contributed by atoms with Crippen molar-refractivity contribution in [1.82, 2.24) is 9.80 Å². The van der Waals surface area contributed by atoms with Gasteiger partial charge in [-0.1, -0.05) is 24.3 Å². The fourth-order valence-electron chi connectivity index (χ4n) is 7.76. The Morgan fingerprint density at radius 1 is 0.926 bits per heavy atom. The van der Waals surface area contributed by atoms with Gasteiger partial charge in [-0.3, -0.25) is 9.69 Å². The molecule has 3 nitrogen and oxygen atoms in total. The lowest BCUT2D eigenvalue weighted by Crippen LogP contribution is -2.54. The topological polar surface area (TPSA) is 23.6 Å². The second-order valence-electron chi connectivity index (χ2n) is 10.4. The molecule has 0 N–H and O–H groups in total. The number of carbonyl (C=O) groups is 1. The van der Waals surface area contributed by atoms with Crippen LogP contribution in [0, 0.1) is 23.2 Å². The molecule has 1 saturated heterocycles. The monoisotopic (exact) mass is 364 g/mol. The quantitative estimate of drug-likeness (QED) is 0.795. The predicted octanol–water partition coefficient (Wildman–Crippen LogP) is 3.86. The average Bonchev–Trinajstić information content (AvgIpc) is 3.16. The molecule has 1 aromatic rings. The number of amides is 1. The zero-order valence-electron chi connectivity index (χ0n) is 16.4. The van der Waals surface area contributed by atoms with Gasteiger partial charge in [0.05, 0.1) is 5.41 Å². The first-order valence-corrected chi connectivity index (χ1v) is 11.3. The van der Waals surface area contributed by atoms with E-state index in [1.807, 2.05) is 0 Å². The van der Waals surface area contributed by atoms with Crippen molar-refractivity contribution >= 4 is 5.91 Å². The number of nitrogens with zero attached hydrogens (tertiary/aromatic N) is 2. The second-order valence-corrected chi connectivity index (χ2v) is 10.4. The third kappa shape index (κ3) is 2.68. The van der Waals surface area contributed by atoms with Gasteiger partial charge >= 0.3 is 0 Å². The minimum atomic E-state index is 0.0398. The van der Waals surface area contributed by atoms with Crippen LogP contribution in [0.4, 0.5) is 0 Å². The Morgan fingerprint density at radius 2 is 1.59 bits per heavy atom. The van der Waals surface area contributed by atoms with Crippen LogP contribution >= 0.6 is 0 Å². The maximum atomic E-state index is 13.6. The highest BCUT2D eigenvalue weighted by Crippen LogP contribution is 2.60. The zero-order chi connectivity index (χ0) is 18.0. The Morgan fingerprint density at radius 3 is 2.30 bits per heavy atom. The van der Waals surface area contributed by atoms with E-state index in [4.69, 9.17) is 0 Å². The summed E-state index contributed by atoms with van der Waals surface area (Å²) in [5, 5.41) is 0. The number of hydrogen-bond acceptors (Lipinski definition) is 2. The Labute approximate surface area is 163 Å². The van der Waals surface area contributed by atoms with E-state index in [1.165, 1.54) is 56.1 Å². The maximum Gasteiger partial charge on any atom is 0.228 e. The molecule has 0 unspecified atom stereocenters. The summed E-state index contributed by atoms with van der Waals surface area (Å²) in [7, 11) is 0. The third-order valence-electron chi connectivity index (χ3n) is 8.62. The standard InChI is InChI=1S/C24H32N2O/c27-23(24-12-17-9-18(13-24)11-19(10-17)14-24)26-8-6-22(16-26)25-7-5-20-3-1-2-4-21(20)15-25/h1-4,17-19,22H,5-16H2/t17?,18?,19?,22-,24?/m1/s1. The summed E-state index contributed by atoms with van der Waals surface area (Å²) in [5.41, 5.74) is 3.06. The highest BCUT2D eigenvalue weighted by Gasteiger charge is 2.56. The maximum absolute atomic E-state index is 13.6. The molecule has 1 atom stereocenters. The van der Waals surface area contributed by atoms with E-state index in [9.17, 15) is 4.79 Å². The molecule has 7 rings (SSSR count). The molecule has 2 aliphatic heterocycles. The fraction of sp³-hybridized carbons (Fsp3) is 0.708. The molecule has 0 spiro atoms. The SMILES string of the molecule is O=C(N1CC[C@@H](N2CCc3ccccc3C2)C1)C12CC3CC(CC(C3)C1)C2. The lowest BCUT2D eigenvalue weighted by Gasteiger charge is -2.56. The Bertz CT molecular complexity index is 721. The van der Waals surface area contributed by atoms with Gasteiger partial charge in [0.2, 0.25) is 5.91 Å². The van der Waals surface area contributed by atoms with E-state index < -0.39 is 0 Å². The van der Waals surface area contributed by atoms with Gasteiger partial charge in [-0.15, -0.1) is 0 Å². The number of likely N-dealkylation sites (tertiary alicyclic amines) is 1. The molecule has 4 bridgehead atoms. The van der Waals surface area contributed by atoms with Crippen molar-refractivity contribution in [3.63, 3.8) is 0 Å². The van der Waals surface area contributed by atoms with Gasteiger partial charge in [0.1, 0.15) is 0 Å². The van der Waals surface area contributed by atoms with Crippen molar-refractivity contribution in [3.8, 4) is 0 Å². The first-order valence-electron chi connectivity index (χ1n) is 11.3. The molecule has 1 aromatic carbocycles. The summed E-state index contributed by atoms with van der Waals surface area (Å²) in [6, 6.07) is 9.46. The number of hydrogen-bond donors (Lipinski definition) is 0. The number of benzene rings is 1. The van der Waals surface area contributed by atoms with E-state index in [-0.39, 0.29) is 5.41 Å². The minimum Gasteiger partial charge on any atom is -0.341 e. The molecule has 0 aromatic heterocycles. The van der Waals surface area contributed by atoms with E-state index in [0.717, 1.165) is 50.4 Å². The molecule has 0 radical (unpaired) electrons. The van der Waals surface area contributed by atoms with Crippen LogP contribution in [0.25, 0.3) is 0 Å². The van der Waals surface area contributed by atoms with Crippen molar-refractivity contribution in [2.75, 3.05) is 19.6 Å². The van der Waals surface area contributed by atoms with Crippen molar-refractivity contribution in [1.29, 1.82) is 0 Å². The van der Waals surface area contributed by atoms with Gasteiger partial charge in [0.15, 0.2) is 0 Å². The van der Waals surface area contributed by atoms with E-state index in [1.54, 1.807) is 0 Å². The molecule has 5 fully saturated rings. The predicted molar refractivity (Wildman–Crippen MR) is 106 cm³/mol. The highest BCUT2D eigenvalue weighted by atomic mass is 16.2. The van der Waals surface area contributed by atoms with Crippen LogP contribution in [-0.2, 0) is 17.8 Å². The average molecular weight is 365 g/mol. The van der Waals surface area contributed by atoms with Crippen molar-refractivity contribution in [2.24, 2.45) is 23.2 Å². The minimum absolute atomic E-state index is 0.0398. The summed E-state index contributed by atoms with van der Waals surface area (Å²) in [4.78, 5) is 18.6. The van der Waals surface area contributed by atoms with Gasteiger partial charge in [-0.25, -0.2) is 0 Å². The first-order chi connectivity index (χ1) is 13.2. The molecule has 27 heavy (non-hydrogen) atoms. The summed E-state index contributed by atoms with van der Waals surface area (Å²) in [5.74, 6) is 3.12. The largest absolute Gasteiger partial charge is 0.341 e. The number of carbonyl (C=O) groups excluding carboxylic acids is 1. The lowest BCUT2D eigenvalue weighted by atomic mass is 9.49. The summed E-state index contributed by atoms with van der Waals surface area (Å²) in [6.45, 7) is 4.19. The molecule has 1 amide bonds. The summed E-state index contributed by atoms with van der Waals surface area (Å²) >= 11 is 0. The van der Waals surface area contributed by atoms with E-state index in [0.29, 0.717) is 11.9 Å². The number of rotatable bonds is 2. The first kappa shape index (κ1) is 16.6. The molecule has 144 valence electrons. The van der Waals surface area contributed by atoms with Crippen LogP contribution in [0.15, 0.2) is 24.3 Å². The Kier molecular flexibility index (Phi) is 3.73. The van der Waals surface area contributed by atoms with E-state index >= 15 is 0 Å². The molecule has 3 heteroatoms. The van der Waals surface area contributed by atoms with Crippen molar-refractivity contribution in [3.05, 3.63) is 35.4 Å². The Hall–Kier alpha value is -1.35. The van der Waals surface area contributed by atoms with Crippen molar-refractivity contribution < 1.29 is 4.79 Å². The van der Waals surface area contributed by atoms with Crippen LogP contribution in [0.2, 0.25) is 0 Å². The molecule has 2 heterocycles. The lowest BCUT2D eigenvalue weighted by molar-refractivity contribution is -0.156.